The monoisotopic (exact) mass is 508 g/mol. The van der Waals surface area contributed by atoms with Crippen LogP contribution in [0.4, 0.5) is 0 Å². The third kappa shape index (κ3) is 4.89. The van der Waals surface area contributed by atoms with E-state index in [1.54, 1.807) is 35.6 Å². The predicted octanol–water partition coefficient (Wildman–Crippen LogP) is 4.42. The zero-order valence-corrected chi connectivity index (χ0v) is 20.5. The van der Waals surface area contributed by atoms with Gasteiger partial charge in [-0.05, 0) is 66.1 Å². The van der Waals surface area contributed by atoms with Crippen LogP contribution in [-0.4, -0.2) is 41.9 Å². The molecular weight excluding hydrogens is 484 g/mol. The number of Topliss-reactive ketones (excluding diaryl/α,β-unsaturated/α-hetero) is 1. The Labute approximate surface area is 212 Å². The van der Waals surface area contributed by atoms with Gasteiger partial charge in [0.15, 0.2) is 5.78 Å². The molecule has 2 amide bonds. The summed E-state index contributed by atoms with van der Waals surface area (Å²) in [5, 5.41) is 8.44. The van der Waals surface area contributed by atoms with Crippen LogP contribution in [-0.2, 0) is 20.7 Å². The lowest BCUT2D eigenvalue weighted by molar-refractivity contribution is -0.131. The van der Waals surface area contributed by atoms with Crippen molar-refractivity contribution < 1.29 is 19.1 Å². The van der Waals surface area contributed by atoms with E-state index >= 15 is 0 Å². The molecule has 2 aliphatic rings. The van der Waals surface area contributed by atoms with Gasteiger partial charge in [-0.2, -0.15) is 0 Å². The molecule has 2 aromatic carbocycles. The lowest BCUT2D eigenvalue weighted by Gasteiger charge is -2.30. The summed E-state index contributed by atoms with van der Waals surface area (Å²) in [5.41, 5.74) is 1.33. The van der Waals surface area contributed by atoms with Crippen molar-refractivity contribution in [2.45, 2.75) is 43.4 Å². The lowest BCUT2D eigenvalue weighted by Crippen LogP contribution is -2.60. The predicted molar refractivity (Wildman–Crippen MR) is 136 cm³/mol. The number of benzene rings is 2. The topological polar surface area (TPSA) is 84.5 Å². The van der Waals surface area contributed by atoms with E-state index < -0.39 is 17.5 Å². The minimum Gasteiger partial charge on any atom is -0.367 e. The molecule has 1 aliphatic carbocycles. The number of thiophene rings is 1. The molecular formula is C27H25ClN2O4S. The largest absolute Gasteiger partial charge is 0.367 e. The van der Waals surface area contributed by atoms with Gasteiger partial charge in [-0.3, -0.25) is 14.4 Å². The van der Waals surface area contributed by atoms with Gasteiger partial charge in [0.05, 0.1) is 6.10 Å². The Morgan fingerprint density at radius 1 is 1.11 bits per heavy atom. The fourth-order valence-corrected chi connectivity index (χ4v) is 5.74. The molecule has 2 N–H and O–H groups in total. The molecule has 1 saturated carbocycles. The summed E-state index contributed by atoms with van der Waals surface area (Å²) in [6.45, 7) is 0.00967. The highest BCUT2D eigenvalue weighted by Gasteiger charge is 2.55. The molecule has 1 aliphatic heterocycles. The van der Waals surface area contributed by atoms with Crippen molar-refractivity contribution in [1.82, 2.24) is 10.6 Å². The fourth-order valence-electron chi connectivity index (χ4n) is 4.88. The number of rotatable bonds is 7. The van der Waals surface area contributed by atoms with Crippen molar-refractivity contribution in [2.24, 2.45) is 0 Å². The summed E-state index contributed by atoms with van der Waals surface area (Å²) >= 11 is 7.64. The molecule has 35 heavy (non-hydrogen) atoms. The van der Waals surface area contributed by atoms with E-state index in [4.69, 9.17) is 16.3 Å². The molecule has 2 fully saturated rings. The number of carbonyl (C=O) groups is 3. The maximum atomic E-state index is 13.5. The molecule has 1 aromatic heterocycles. The smallest absolute Gasteiger partial charge is 0.251 e. The number of ether oxygens (including phenoxy) is 1. The van der Waals surface area contributed by atoms with Crippen LogP contribution < -0.4 is 10.6 Å². The van der Waals surface area contributed by atoms with Crippen molar-refractivity contribution in [1.29, 1.82) is 0 Å². The van der Waals surface area contributed by atoms with Gasteiger partial charge in [-0.15, -0.1) is 11.3 Å². The van der Waals surface area contributed by atoms with E-state index in [9.17, 15) is 14.4 Å². The number of hydrogen-bond acceptors (Lipinski definition) is 5. The van der Waals surface area contributed by atoms with Crippen LogP contribution in [0.3, 0.4) is 0 Å². The Balaban J connectivity index is 1.35. The first-order valence-corrected chi connectivity index (χ1v) is 12.9. The Morgan fingerprint density at radius 3 is 2.60 bits per heavy atom. The molecule has 0 bridgehead atoms. The minimum absolute atomic E-state index is 0.00967. The molecule has 0 radical (unpaired) electrons. The van der Waals surface area contributed by atoms with Crippen LogP contribution in [0, 0.1) is 0 Å². The second kappa shape index (κ2) is 9.93. The Hall–Kier alpha value is -3.00. The van der Waals surface area contributed by atoms with Crippen molar-refractivity contribution in [2.75, 3.05) is 6.61 Å². The molecule has 180 valence electrons. The van der Waals surface area contributed by atoms with Crippen molar-refractivity contribution in [3.63, 3.8) is 0 Å². The molecule has 3 unspecified atom stereocenters. The standard InChI is InChI=1S/C27H25ClN2O4S/c28-20-11-5-17(6-12-20)15-21(26(33)30-27-13-1-4-24(27)34-16-23(27)31)29-25(32)19-9-7-18(8-10-19)22-3-2-14-35-22/h2-3,5-12,14,21,24H,1,4,13,15-16H2,(H,29,32)(H,30,33). The van der Waals surface area contributed by atoms with Crippen molar-refractivity contribution in [3.8, 4) is 10.4 Å². The van der Waals surface area contributed by atoms with Crippen molar-refractivity contribution >= 4 is 40.5 Å². The zero-order valence-electron chi connectivity index (χ0n) is 19.0. The number of halogens is 1. The highest BCUT2D eigenvalue weighted by molar-refractivity contribution is 7.13. The number of fused-ring (bicyclic) bond motifs is 1. The summed E-state index contributed by atoms with van der Waals surface area (Å²) in [5.74, 6) is -0.852. The maximum absolute atomic E-state index is 13.5. The fraction of sp³-hybridized carbons (Fsp3) is 0.296. The van der Waals surface area contributed by atoms with Crippen molar-refractivity contribution in [3.05, 3.63) is 82.2 Å². The lowest BCUT2D eigenvalue weighted by atomic mass is 9.91. The SMILES string of the molecule is O=C(NC(Cc1ccc(Cl)cc1)C(=O)NC12CCCC1OCC2=O)c1ccc(-c2cccs2)cc1. The number of nitrogens with one attached hydrogen (secondary N) is 2. The van der Waals surface area contributed by atoms with Gasteiger partial charge < -0.3 is 15.4 Å². The van der Waals surface area contributed by atoms with Gasteiger partial charge in [-0.25, -0.2) is 0 Å². The van der Waals surface area contributed by atoms with Gasteiger partial charge in [-0.1, -0.05) is 41.9 Å². The Kier molecular flexibility index (Phi) is 6.73. The molecule has 3 atom stereocenters. The molecule has 5 rings (SSSR count). The highest BCUT2D eigenvalue weighted by atomic mass is 35.5. The molecule has 2 heterocycles. The van der Waals surface area contributed by atoms with E-state index in [1.165, 1.54) is 0 Å². The summed E-state index contributed by atoms with van der Waals surface area (Å²) in [6.07, 6.45) is 2.04. The average Bonchev–Trinajstić information content (AvgIpc) is 3.59. The molecule has 1 saturated heterocycles. The summed E-state index contributed by atoms with van der Waals surface area (Å²) < 4.78 is 5.63. The molecule has 8 heteroatoms. The zero-order chi connectivity index (χ0) is 24.4. The van der Waals surface area contributed by atoms with Crippen LogP contribution in [0.5, 0.6) is 0 Å². The maximum Gasteiger partial charge on any atom is 0.251 e. The summed E-state index contributed by atoms with van der Waals surface area (Å²) in [4.78, 5) is 40.4. The first-order chi connectivity index (χ1) is 16.9. The molecule has 0 spiro atoms. The third-order valence-corrected chi connectivity index (χ3v) is 7.95. The van der Waals surface area contributed by atoms with Gasteiger partial charge in [0.2, 0.25) is 5.91 Å². The quantitative estimate of drug-likeness (QED) is 0.495. The number of hydrogen-bond donors (Lipinski definition) is 2. The van der Waals surface area contributed by atoms with E-state index in [-0.39, 0.29) is 30.8 Å². The van der Waals surface area contributed by atoms with Crippen LogP contribution >= 0.6 is 22.9 Å². The second-order valence-electron chi connectivity index (χ2n) is 8.99. The van der Waals surface area contributed by atoms with Gasteiger partial charge >= 0.3 is 0 Å². The van der Waals surface area contributed by atoms with E-state index in [0.29, 0.717) is 17.0 Å². The summed E-state index contributed by atoms with van der Waals surface area (Å²) in [7, 11) is 0. The van der Waals surface area contributed by atoms with Gasteiger partial charge in [0.1, 0.15) is 18.2 Å². The van der Waals surface area contributed by atoms with Gasteiger partial charge in [0, 0.05) is 21.9 Å². The Bertz CT molecular complexity index is 1230. The van der Waals surface area contributed by atoms with Crippen LogP contribution in [0.2, 0.25) is 5.02 Å². The van der Waals surface area contributed by atoms with Crippen LogP contribution in [0.1, 0.15) is 35.2 Å². The first kappa shape index (κ1) is 23.7. The average molecular weight is 509 g/mol. The molecule has 6 nitrogen and oxygen atoms in total. The third-order valence-electron chi connectivity index (χ3n) is 6.77. The Morgan fingerprint density at radius 2 is 1.89 bits per heavy atom. The van der Waals surface area contributed by atoms with Crippen LogP contribution in [0.15, 0.2) is 66.0 Å². The van der Waals surface area contributed by atoms with Gasteiger partial charge in [0.25, 0.3) is 5.91 Å². The minimum atomic E-state index is -0.998. The summed E-state index contributed by atoms with van der Waals surface area (Å²) in [6, 6.07) is 17.6. The first-order valence-electron chi connectivity index (χ1n) is 11.6. The van der Waals surface area contributed by atoms with E-state index in [2.05, 4.69) is 10.6 Å². The number of amides is 2. The van der Waals surface area contributed by atoms with E-state index in [1.807, 2.05) is 41.8 Å². The number of ketones is 1. The highest BCUT2D eigenvalue weighted by Crippen LogP contribution is 2.38. The second-order valence-corrected chi connectivity index (χ2v) is 10.4. The number of carbonyl (C=O) groups excluding carboxylic acids is 3. The normalized spacial score (nSPS) is 22.0. The van der Waals surface area contributed by atoms with Crippen LogP contribution in [0.25, 0.3) is 10.4 Å². The molecule has 3 aromatic rings. The van der Waals surface area contributed by atoms with E-state index in [0.717, 1.165) is 28.8 Å².